The van der Waals surface area contributed by atoms with E-state index in [9.17, 15) is 9.59 Å². The van der Waals surface area contributed by atoms with Crippen molar-refractivity contribution in [2.45, 2.75) is 6.92 Å². The average molecular weight is 357 g/mol. The third kappa shape index (κ3) is 2.99. The number of fused-ring (bicyclic) bond motifs is 1. The van der Waals surface area contributed by atoms with Crippen LogP contribution in [0.15, 0.2) is 69.3 Å². The van der Waals surface area contributed by atoms with Gasteiger partial charge in [0.25, 0.3) is 5.91 Å². The summed E-state index contributed by atoms with van der Waals surface area (Å²) >= 11 is 3.33. The normalized spacial score (nSPS) is 21.8. The van der Waals surface area contributed by atoms with Crippen LogP contribution in [0.5, 0.6) is 0 Å². The van der Waals surface area contributed by atoms with Crippen LogP contribution in [-0.2, 0) is 4.79 Å². The highest BCUT2D eigenvalue weighted by molar-refractivity contribution is 9.10. The predicted octanol–water partition coefficient (Wildman–Crippen LogP) is 3.18. The van der Waals surface area contributed by atoms with Crippen LogP contribution in [-0.4, -0.2) is 17.5 Å². The summed E-state index contributed by atoms with van der Waals surface area (Å²) in [6.07, 6.45) is 7.07. The number of nitrogens with one attached hydrogen (secondary N) is 1. The standard InChI is InChI=1S/C17H13BrN2O2/c1-10-8-16(21)20-15-9-13(6-7-14(10)15)19-17(22)11-2-4-12(18)5-3-11/h2-9,14H,1H3,(H,20,21). The van der Waals surface area contributed by atoms with Gasteiger partial charge in [0, 0.05) is 27.7 Å². The monoisotopic (exact) mass is 356 g/mol. The quantitative estimate of drug-likeness (QED) is 0.839. The van der Waals surface area contributed by atoms with Gasteiger partial charge in [-0.1, -0.05) is 27.6 Å². The van der Waals surface area contributed by atoms with Crippen LogP contribution < -0.4 is 5.32 Å². The number of hydrogen-bond donors (Lipinski definition) is 1. The smallest absolute Gasteiger partial charge is 0.277 e. The number of allylic oxidation sites excluding steroid dienone is 3. The van der Waals surface area contributed by atoms with E-state index in [1.807, 2.05) is 13.0 Å². The lowest BCUT2D eigenvalue weighted by Crippen LogP contribution is -2.32. The van der Waals surface area contributed by atoms with E-state index in [0.29, 0.717) is 11.3 Å². The molecule has 22 heavy (non-hydrogen) atoms. The zero-order valence-electron chi connectivity index (χ0n) is 11.8. The number of aliphatic imine (C=N–C) groups is 1. The van der Waals surface area contributed by atoms with Gasteiger partial charge in [0.2, 0.25) is 5.91 Å². The second-order valence-electron chi connectivity index (χ2n) is 5.16. The van der Waals surface area contributed by atoms with E-state index in [-0.39, 0.29) is 17.7 Å². The number of halogens is 1. The lowest BCUT2D eigenvalue weighted by molar-refractivity contribution is -0.116. The van der Waals surface area contributed by atoms with E-state index in [0.717, 1.165) is 15.7 Å². The minimum atomic E-state index is -0.308. The van der Waals surface area contributed by atoms with Crippen LogP contribution in [0.25, 0.3) is 0 Å². The number of nitrogens with zero attached hydrogens (tertiary/aromatic N) is 1. The van der Waals surface area contributed by atoms with Gasteiger partial charge in [-0.3, -0.25) is 9.59 Å². The van der Waals surface area contributed by atoms with Crippen molar-refractivity contribution in [1.82, 2.24) is 5.32 Å². The molecule has 2 amide bonds. The maximum absolute atomic E-state index is 12.1. The first-order valence-electron chi connectivity index (χ1n) is 6.80. The molecule has 3 rings (SSSR count). The molecule has 5 heteroatoms. The highest BCUT2D eigenvalue weighted by Crippen LogP contribution is 2.26. The lowest BCUT2D eigenvalue weighted by atomic mass is 9.89. The van der Waals surface area contributed by atoms with Gasteiger partial charge in [0.15, 0.2) is 0 Å². The van der Waals surface area contributed by atoms with Crippen molar-refractivity contribution < 1.29 is 9.59 Å². The van der Waals surface area contributed by atoms with Crippen LogP contribution >= 0.6 is 15.9 Å². The van der Waals surface area contributed by atoms with Gasteiger partial charge in [0.1, 0.15) is 0 Å². The van der Waals surface area contributed by atoms with Crippen LogP contribution in [0.1, 0.15) is 17.3 Å². The molecule has 1 aromatic carbocycles. The summed E-state index contributed by atoms with van der Waals surface area (Å²) in [6, 6.07) is 7.03. The number of rotatable bonds is 1. The van der Waals surface area contributed by atoms with Crippen molar-refractivity contribution in [1.29, 1.82) is 0 Å². The molecule has 0 saturated heterocycles. The fourth-order valence-corrected chi connectivity index (χ4v) is 2.69. The summed E-state index contributed by atoms with van der Waals surface area (Å²) in [5.74, 6) is -0.398. The zero-order chi connectivity index (χ0) is 15.7. The molecule has 4 nitrogen and oxygen atoms in total. The van der Waals surface area contributed by atoms with E-state index < -0.39 is 0 Å². The lowest BCUT2D eigenvalue weighted by Gasteiger charge is -2.25. The summed E-state index contributed by atoms with van der Waals surface area (Å²) in [5, 5.41) is 2.80. The molecule has 0 aromatic heterocycles. The number of carbonyl (C=O) groups excluding carboxylic acids is 2. The third-order valence-electron chi connectivity index (χ3n) is 3.54. The van der Waals surface area contributed by atoms with Gasteiger partial charge in [-0.05, 0) is 43.3 Å². The molecular weight excluding hydrogens is 344 g/mol. The van der Waals surface area contributed by atoms with Gasteiger partial charge < -0.3 is 5.32 Å². The van der Waals surface area contributed by atoms with Gasteiger partial charge >= 0.3 is 0 Å². The van der Waals surface area contributed by atoms with Crippen molar-refractivity contribution in [2.24, 2.45) is 10.9 Å². The Kier molecular flexibility index (Phi) is 3.90. The third-order valence-corrected chi connectivity index (χ3v) is 4.07. The Morgan fingerprint density at radius 2 is 1.95 bits per heavy atom. The number of carbonyl (C=O) groups is 2. The Hall–Kier alpha value is -2.27. The Bertz CT molecular complexity index is 770. The van der Waals surface area contributed by atoms with Crippen molar-refractivity contribution >= 4 is 33.5 Å². The molecule has 0 spiro atoms. The fourth-order valence-electron chi connectivity index (χ4n) is 2.43. The van der Waals surface area contributed by atoms with Crippen LogP contribution in [0.2, 0.25) is 0 Å². The van der Waals surface area contributed by atoms with Crippen molar-refractivity contribution in [2.75, 3.05) is 0 Å². The zero-order valence-corrected chi connectivity index (χ0v) is 13.4. The molecule has 0 radical (unpaired) electrons. The molecule has 110 valence electrons. The second-order valence-corrected chi connectivity index (χ2v) is 6.08. The van der Waals surface area contributed by atoms with Crippen molar-refractivity contribution in [3.63, 3.8) is 0 Å². The molecule has 0 saturated carbocycles. The molecule has 1 aliphatic heterocycles. The maximum Gasteiger partial charge on any atom is 0.277 e. The van der Waals surface area contributed by atoms with E-state index >= 15 is 0 Å². The van der Waals surface area contributed by atoms with Gasteiger partial charge in [-0.25, -0.2) is 4.99 Å². The average Bonchev–Trinajstić information content (AvgIpc) is 2.47. The topological polar surface area (TPSA) is 58.5 Å². The summed E-state index contributed by atoms with van der Waals surface area (Å²) in [4.78, 5) is 27.8. The molecule has 1 aromatic rings. The van der Waals surface area contributed by atoms with Crippen LogP contribution in [0, 0.1) is 5.92 Å². The predicted molar refractivity (Wildman–Crippen MR) is 88.5 cm³/mol. The first-order valence-corrected chi connectivity index (χ1v) is 7.60. The summed E-state index contributed by atoms with van der Waals surface area (Å²) < 4.78 is 0.909. The number of hydrogen-bond acceptors (Lipinski definition) is 2. The molecule has 0 fully saturated rings. The first kappa shape index (κ1) is 14.7. The SMILES string of the molecule is CC1=CC(=O)NC2=CC(=NC(=O)c3ccc(Br)cc3)C=CC12. The molecular formula is C17H13BrN2O2. The van der Waals surface area contributed by atoms with E-state index in [1.165, 1.54) is 0 Å². The Labute approximate surface area is 136 Å². The summed E-state index contributed by atoms with van der Waals surface area (Å²) in [7, 11) is 0. The van der Waals surface area contributed by atoms with Crippen molar-refractivity contribution in [3.8, 4) is 0 Å². The summed E-state index contributed by atoms with van der Waals surface area (Å²) in [5.41, 5.74) is 2.79. The van der Waals surface area contributed by atoms with Crippen LogP contribution in [0.4, 0.5) is 0 Å². The second kappa shape index (κ2) is 5.85. The molecule has 1 unspecified atom stereocenters. The maximum atomic E-state index is 12.1. The first-order chi connectivity index (χ1) is 10.5. The molecule has 1 aliphatic carbocycles. The molecule has 1 N–H and O–H groups in total. The Morgan fingerprint density at radius 3 is 2.68 bits per heavy atom. The molecule has 1 heterocycles. The Morgan fingerprint density at radius 1 is 1.23 bits per heavy atom. The largest absolute Gasteiger partial charge is 0.325 e. The van der Waals surface area contributed by atoms with E-state index in [2.05, 4.69) is 26.2 Å². The molecule has 2 aliphatic rings. The highest BCUT2D eigenvalue weighted by Gasteiger charge is 2.23. The fraction of sp³-hybridized carbons (Fsp3) is 0.118. The Balaban J connectivity index is 1.86. The van der Waals surface area contributed by atoms with E-state index in [4.69, 9.17) is 0 Å². The highest BCUT2D eigenvalue weighted by atomic mass is 79.9. The molecule has 1 atom stereocenters. The summed E-state index contributed by atoms with van der Waals surface area (Å²) in [6.45, 7) is 1.91. The molecule has 0 bridgehead atoms. The number of amides is 2. The van der Waals surface area contributed by atoms with Gasteiger partial charge in [-0.2, -0.15) is 0 Å². The minimum Gasteiger partial charge on any atom is -0.325 e. The van der Waals surface area contributed by atoms with Gasteiger partial charge in [-0.15, -0.1) is 0 Å². The van der Waals surface area contributed by atoms with Crippen molar-refractivity contribution in [3.05, 3.63) is 69.9 Å². The van der Waals surface area contributed by atoms with Gasteiger partial charge in [0.05, 0.1) is 5.71 Å². The van der Waals surface area contributed by atoms with Crippen LogP contribution in [0.3, 0.4) is 0 Å². The van der Waals surface area contributed by atoms with E-state index in [1.54, 1.807) is 42.5 Å². The number of benzene rings is 1. The minimum absolute atomic E-state index is 0.0550.